The number of aryl methyl sites for hydroxylation is 1. The van der Waals surface area contributed by atoms with E-state index in [9.17, 15) is 13.2 Å². The summed E-state index contributed by atoms with van der Waals surface area (Å²) in [5.74, 6) is -0.592. The maximum atomic E-state index is 12.2. The van der Waals surface area contributed by atoms with E-state index < -0.39 is 27.2 Å². The Kier molecular flexibility index (Phi) is 6.05. The molecule has 1 N–H and O–H groups in total. The van der Waals surface area contributed by atoms with Crippen molar-refractivity contribution in [3.05, 3.63) is 35.9 Å². The van der Waals surface area contributed by atoms with Crippen LogP contribution in [0.5, 0.6) is 0 Å². The van der Waals surface area contributed by atoms with Gasteiger partial charge < -0.3 is 4.74 Å². The number of hydrogen-bond acceptors (Lipinski definition) is 4. The van der Waals surface area contributed by atoms with Crippen LogP contribution in [0.1, 0.15) is 12.0 Å². The summed E-state index contributed by atoms with van der Waals surface area (Å²) in [5.41, 5.74) is -0.724. The van der Waals surface area contributed by atoms with Crippen molar-refractivity contribution in [2.45, 2.75) is 23.9 Å². The fourth-order valence-electron chi connectivity index (χ4n) is 1.98. The average molecular weight is 367 g/mol. The quantitative estimate of drug-likeness (QED) is 0.631. The van der Waals surface area contributed by atoms with E-state index in [1.54, 1.807) is 0 Å². The zero-order chi connectivity index (χ0) is 16.2. The number of carbonyl (C=O) groups excluding carboxylic acids is 1. The molecule has 1 saturated heterocycles. The Morgan fingerprint density at radius 2 is 2.00 bits per heavy atom. The molecule has 1 amide bonds. The topological polar surface area (TPSA) is 75.7 Å². The molecular formula is C13H16Cl2N2O4S. The highest BCUT2D eigenvalue weighted by Gasteiger charge is 2.36. The Morgan fingerprint density at radius 3 is 2.68 bits per heavy atom. The molecule has 2 unspecified atom stereocenters. The van der Waals surface area contributed by atoms with Crippen LogP contribution in [0.2, 0.25) is 0 Å². The highest BCUT2D eigenvalue weighted by Crippen LogP contribution is 2.20. The van der Waals surface area contributed by atoms with Gasteiger partial charge in [0.05, 0.1) is 13.2 Å². The van der Waals surface area contributed by atoms with E-state index in [0.29, 0.717) is 6.42 Å². The molecule has 122 valence electrons. The van der Waals surface area contributed by atoms with Crippen LogP contribution in [0, 0.1) is 0 Å². The lowest BCUT2D eigenvalue weighted by Gasteiger charge is -2.32. The highest BCUT2D eigenvalue weighted by molar-refractivity contribution is 7.87. The van der Waals surface area contributed by atoms with Gasteiger partial charge in [0.15, 0.2) is 0 Å². The second-order valence-corrected chi connectivity index (χ2v) is 7.38. The molecule has 2 rings (SSSR count). The molecule has 1 aromatic rings. The Morgan fingerprint density at radius 1 is 1.32 bits per heavy atom. The molecule has 1 aliphatic rings. The van der Waals surface area contributed by atoms with Crippen molar-refractivity contribution >= 4 is 39.3 Å². The molecule has 22 heavy (non-hydrogen) atoms. The maximum absolute atomic E-state index is 12.2. The van der Waals surface area contributed by atoms with Crippen molar-refractivity contribution in [1.82, 2.24) is 9.03 Å². The number of morpholine rings is 1. The molecule has 0 bridgehead atoms. The number of ether oxygens (including phenoxy) is 1. The fraction of sp³-hybridized carbons (Fsp3) is 0.462. The molecule has 1 aromatic carbocycles. The minimum atomic E-state index is -4.03. The third-order valence-corrected chi connectivity index (χ3v) is 5.33. The van der Waals surface area contributed by atoms with Crippen molar-refractivity contribution < 1.29 is 17.9 Å². The predicted molar refractivity (Wildman–Crippen MR) is 83.8 cm³/mol. The van der Waals surface area contributed by atoms with Gasteiger partial charge in [0.2, 0.25) is 5.91 Å². The Bertz CT molecular complexity index is 612. The lowest BCUT2D eigenvalue weighted by molar-refractivity contribution is -0.119. The maximum Gasteiger partial charge on any atom is 0.305 e. The van der Waals surface area contributed by atoms with E-state index >= 15 is 0 Å². The number of hydrogen-bond donors (Lipinski definition) is 1. The summed E-state index contributed by atoms with van der Waals surface area (Å²) in [6, 6.07) is 9.33. The molecule has 0 radical (unpaired) electrons. The average Bonchev–Trinajstić information content (AvgIpc) is 2.48. The van der Waals surface area contributed by atoms with Gasteiger partial charge in [-0.15, -0.1) is 11.6 Å². The number of benzene rings is 1. The summed E-state index contributed by atoms with van der Waals surface area (Å²) < 4.78 is 32.3. The van der Waals surface area contributed by atoms with Crippen LogP contribution in [-0.4, -0.2) is 42.8 Å². The number of nitrogens with zero attached hydrogens (tertiary/aromatic N) is 1. The number of carbonyl (C=O) groups is 1. The highest BCUT2D eigenvalue weighted by atomic mass is 35.5. The van der Waals surface area contributed by atoms with Gasteiger partial charge in [0.25, 0.3) is 0 Å². The van der Waals surface area contributed by atoms with Gasteiger partial charge in [-0.2, -0.15) is 12.7 Å². The Balaban J connectivity index is 1.92. The van der Waals surface area contributed by atoms with E-state index in [4.69, 9.17) is 27.9 Å². The third kappa shape index (κ3) is 4.82. The number of halogens is 2. The molecule has 1 heterocycles. The predicted octanol–water partition coefficient (Wildman–Crippen LogP) is 1.44. The Hall–Kier alpha value is -0.860. The van der Waals surface area contributed by atoms with Crippen molar-refractivity contribution in [2.24, 2.45) is 0 Å². The molecule has 2 atom stereocenters. The minimum Gasteiger partial charge on any atom is -0.358 e. The summed E-state index contributed by atoms with van der Waals surface area (Å²) >= 11 is 11.7. The first-order valence-electron chi connectivity index (χ1n) is 6.64. The summed E-state index contributed by atoms with van der Waals surface area (Å²) in [6.45, 7) is -0.147. The molecule has 0 spiro atoms. The van der Waals surface area contributed by atoms with Crippen molar-refractivity contribution in [3.8, 4) is 0 Å². The van der Waals surface area contributed by atoms with Gasteiger partial charge in [-0.1, -0.05) is 41.9 Å². The largest absolute Gasteiger partial charge is 0.358 e. The smallest absolute Gasteiger partial charge is 0.305 e. The van der Waals surface area contributed by atoms with Gasteiger partial charge in [-0.3, -0.25) is 4.79 Å². The minimum absolute atomic E-state index is 0.0329. The number of nitrogens with one attached hydrogen (secondary N) is 1. The molecule has 6 nitrogen and oxygen atoms in total. The van der Waals surface area contributed by atoms with E-state index in [1.165, 1.54) is 0 Å². The molecule has 0 aliphatic carbocycles. The summed E-state index contributed by atoms with van der Waals surface area (Å²) in [5, 5.41) is 0. The van der Waals surface area contributed by atoms with Gasteiger partial charge in [-0.05, 0) is 12.0 Å². The fourth-order valence-corrected chi connectivity index (χ4v) is 3.95. The first-order valence-corrected chi connectivity index (χ1v) is 8.96. The van der Waals surface area contributed by atoms with E-state index in [0.717, 1.165) is 9.87 Å². The summed E-state index contributed by atoms with van der Waals surface area (Å²) in [6.07, 6.45) is 0.512. The van der Waals surface area contributed by atoms with Crippen LogP contribution in [-0.2, 0) is 26.2 Å². The summed E-state index contributed by atoms with van der Waals surface area (Å²) in [7, 11) is -4.03. The van der Waals surface area contributed by atoms with Crippen LogP contribution in [0.15, 0.2) is 30.3 Å². The lowest BCUT2D eigenvalue weighted by Crippen LogP contribution is -2.53. The molecule has 1 fully saturated rings. The van der Waals surface area contributed by atoms with Crippen LogP contribution in [0.25, 0.3) is 0 Å². The number of rotatable bonds is 5. The van der Waals surface area contributed by atoms with Crippen LogP contribution in [0.3, 0.4) is 0 Å². The Labute approximate surface area is 139 Å². The van der Waals surface area contributed by atoms with Gasteiger partial charge >= 0.3 is 10.2 Å². The van der Waals surface area contributed by atoms with Gasteiger partial charge in [0.1, 0.15) is 11.1 Å². The van der Waals surface area contributed by atoms with Crippen LogP contribution >= 0.6 is 23.2 Å². The first kappa shape index (κ1) is 17.5. The zero-order valence-corrected chi connectivity index (χ0v) is 13.9. The van der Waals surface area contributed by atoms with E-state index in [-0.39, 0.29) is 19.6 Å². The first-order chi connectivity index (χ1) is 10.4. The SMILES string of the molecule is O=C(CCc1ccccc1)NS(=O)(=O)N1CC(Cl)OCC1Cl. The molecular weight excluding hydrogens is 351 g/mol. The molecule has 9 heteroatoms. The second-order valence-electron chi connectivity index (χ2n) is 4.76. The lowest BCUT2D eigenvalue weighted by atomic mass is 10.1. The van der Waals surface area contributed by atoms with Crippen LogP contribution < -0.4 is 4.72 Å². The van der Waals surface area contributed by atoms with Gasteiger partial charge in [-0.25, -0.2) is 4.72 Å². The van der Waals surface area contributed by atoms with Crippen molar-refractivity contribution in [1.29, 1.82) is 0 Å². The zero-order valence-electron chi connectivity index (χ0n) is 11.6. The van der Waals surface area contributed by atoms with E-state index in [2.05, 4.69) is 0 Å². The van der Waals surface area contributed by atoms with E-state index in [1.807, 2.05) is 35.1 Å². The van der Waals surface area contributed by atoms with Crippen molar-refractivity contribution in [3.63, 3.8) is 0 Å². The van der Waals surface area contributed by atoms with Gasteiger partial charge in [0, 0.05) is 6.42 Å². The normalized spacial score (nSPS) is 23.2. The summed E-state index contributed by atoms with van der Waals surface area (Å²) in [4.78, 5) is 11.8. The molecule has 0 saturated carbocycles. The molecule has 1 aliphatic heterocycles. The second kappa shape index (κ2) is 7.61. The van der Waals surface area contributed by atoms with Crippen LogP contribution in [0.4, 0.5) is 0 Å². The number of amides is 1. The monoisotopic (exact) mass is 366 g/mol. The van der Waals surface area contributed by atoms with Crippen molar-refractivity contribution in [2.75, 3.05) is 13.2 Å². The number of alkyl halides is 2. The standard InChI is InChI=1S/C13H16Cl2N2O4S/c14-11-9-21-12(15)8-17(11)22(19,20)16-13(18)7-6-10-4-2-1-3-5-10/h1-5,11-12H,6-9H2,(H,16,18). The molecule has 0 aromatic heterocycles. The third-order valence-electron chi connectivity index (χ3n) is 3.09.